The third-order valence-corrected chi connectivity index (χ3v) is 8.78. The van der Waals surface area contributed by atoms with E-state index in [1.807, 2.05) is 0 Å². The van der Waals surface area contributed by atoms with Crippen LogP contribution in [0, 0.1) is 22.9 Å². The van der Waals surface area contributed by atoms with Crippen molar-refractivity contribution >= 4 is 40.2 Å². The zero-order chi connectivity index (χ0) is 28.2. The number of halogens is 4. The van der Waals surface area contributed by atoms with Crippen molar-refractivity contribution in [2.45, 2.75) is 43.1 Å². The highest BCUT2D eigenvalue weighted by Gasteiger charge is 2.37. The van der Waals surface area contributed by atoms with Gasteiger partial charge in [0.2, 0.25) is 0 Å². The van der Waals surface area contributed by atoms with Crippen LogP contribution in [0.1, 0.15) is 43.8 Å². The fourth-order valence-corrected chi connectivity index (χ4v) is 6.48. The van der Waals surface area contributed by atoms with Crippen LogP contribution in [-0.4, -0.2) is 58.6 Å². The number of aromatic nitrogens is 1. The Labute approximate surface area is 234 Å². The standard InChI is InChI=1S/C28H30ClF3N2O4S/c1-38-18-2-3-23-19(14-18)26(20(29)16-33-23)24(35)4-5-28(15-25(36)37)6-8-34(9-7-28)10-11-39-27-21(31)12-17(30)13-22(27)32/h2-3,12-14,16,24,35H,4-11,15H2,1H3,(H,36,37)/t24-/m0/s1. The number of benzene rings is 2. The summed E-state index contributed by atoms with van der Waals surface area (Å²) < 4.78 is 46.3. The molecule has 1 saturated heterocycles. The monoisotopic (exact) mass is 582 g/mol. The summed E-state index contributed by atoms with van der Waals surface area (Å²) in [6.07, 6.45) is 2.58. The zero-order valence-corrected chi connectivity index (χ0v) is 23.0. The number of carboxylic acid groups (broad SMARTS) is 1. The van der Waals surface area contributed by atoms with Crippen molar-refractivity contribution in [2.75, 3.05) is 32.5 Å². The Balaban J connectivity index is 1.39. The second-order valence-electron chi connectivity index (χ2n) is 9.92. The maximum atomic E-state index is 13.9. The highest BCUT2D eigenvalue weighted by Crippen LogP contribution is 2.43. The number of piperidine rings is 1. The fraction of sp³-hybridized carbons (Fsp3) is 0.429. The van der Waals surface area contributed by atoms with Crippen molar-refractivity contribution in [3.05, 3.63) is 64.6 Å². The van der Waals surface area contributed by atoms with E-state index in [0.29, 0.717) is 90.4 Å². The predicted octanol–water partition coefficient (Wildman–Crippen LogP) is 6.48. The zero-order valence-electron chi connectivity index (χ0n) is 21.4. The summed E-state index contributed by atoms with van der Waals surface area (Å²) in [7, 11) is 1.55. The van der Waals surface area contributed by atoms with E-state index in [1.54, 1.807) is 25.3 Å². The Morgan fingerprint density at radius 2 is 1.90 bits per heavy atom. The summed E-state index contributed by atoms with van der Waals surface area (Å²) in [5.74, 6) is -2.68. The molecule has 2 aromatic carbocycles. The molecule has 2 N–H and O–H groups in total. The van der Waals surface area contributed by atoms with Crippen molar-refractivity contribution < 1.29 is 32.9 Å². The quantitative estimate of drug-likeness (QED) is 0.250. The van der Waals surface area contributed by atoms with Gasteiger partial charge < -0.3 is 19.8 Å². The first-order chi connectivity index (χ1) is 18.6. The number of aliphatic carboxylic acids is 1. The van der Waals surface area contributed by atoms with Crippen molar-refractivity contribution in [1.29, 1.82) is 0 Å². The molecule has 1 aromatic heterocycles. The lowest BCUT2D eigenvalue weighted by atomic mass is 9.71. The van der Waals surface area contributed by atoms with Crippen molar-refractivity contribution in [3.63, 3.8) is 0 Å². The summed E-state index contributed by atoms with van der Waals surface area (Å²) in [6.45, 7) is 1.79. The Morgan fingerprint density at radius 3 is 2.54 bits per heavy atom. The molecule has 0 bridgehead atoms. The van der Waals surface area contributed by atoms with E-state index in [1.165, 1.54) is 6.20 Å². The molecular formula is C28H30ClF3N2O4S. The minimum Gasteiger partial charge on any atom is -0.497 e. The normalized spacial score (nSPS) is 16.4. The van der Waals surface area contributed by atoms with Crippen LogP contribution in [0.15, 0.2) is 41.4 Å². The third kappa shape index (κ3) is 7.16. The van der Waals surface area contributed by atoms with Gasteiger partial charge in [0.1, 0.15) is 23.2 Å². The number of carboxylic acids is 1. The van der Waals surface area contributed by atoms with E-state index in [9.17, 15) is 28.2 Å². The van der Waals surface area contributed by atoms with Crippen LogP contribution < -0.4 is 4.74 Å². The maximum absolute atomic E-state index is 13.9. The molecule has 1 atom stereocenters. The Bertz CT molecular complexity index is 1310. The molecule has 39 heavy (non-hydrogen) atoms. The minimum atomic E-state index is -0.954. The number of carbonyl (C=O) groups is 1. The number of methoxy groups -OCH3 is 1. The van der Waals surface area contributed by atoms with Gasteiger partial charge in [-0.1, -0.05) is 11.6 Å². The molecule has 2 heterocycles. The van der Waals surface area contributed by atoms with Gasteiger partial charge in [0.05, 0.1) is 35.1 Å². The molecule has 210 valence electrons. The van der Waals surface area contributed by atoms with Crippen molar-refractivity contribution in [3.8, 4) is 5.75 Å². The van der Waals surface area contributed by atoms with Gasteiger partial charge in [0.25, 0.3) is 0 Å². The van der Waals surface area contributed by atoms with Crippen LogP contribution in [0.3, 0.4) is 0 Å². The second kappa shape index (κ2) is 12.8. The predicted molar refractivity (Wildman–Crippen MR) is 145 cm³/mol. The number of aliphatic hydroxyl groups is 1. The van der Waals surface area contributed by atoms with Crippen LogP contribution in [0.5, 0.6) is 5.75 Å². The molecule has 11 heteroatoms. The lowest BCUT2D eigenvalue weighted by Crippen LogP contribution is -2.42. The molecule has 0 aliphatic carbocycles. The van der Waals surface area contributed by atoms with Gasteiger partial charge in [0, 0.05) is 41.6 Å². The summed E-state index contributed by atoms with van der Waals surface area (Å²) in [6, 6.07) is 6.68. The lowest BCUT2D eigenvalue weighted by molar-refractivity contribution is -0.141. The average Bonchev–Trinajstić information content (AvgIpc) is 2.89. The van der Waals surface area contributed by atoms with Gasteiger partial charge in [-0.3, -0.25) is 9.78 Å². The number of aliphatic hydroxyl groups excluding tert-OH is 1. The first kappa shape index (κ1) is 29.5. The smallest absolute Gasteiger partial charge is 0.303 e. The van der Waals surface area contributed by atoms with Crippen LogP contribution >= 0.6 is 23.4 Å². The molecule has 4 rings (SSSR count). The highest BCUT2D eigenvalue weighted by atomic mass is 35.5. The SMILES string of the molecule is COc1ccc2ncc(Cl)c([C@@H](O)CCC3(CC(=O)O)CCN(CCSc4c(F)cc(F)cc4F)CC3)c2c1. The number of ether oxygens (including phenoxy) is 1. The first-order valence-electron chi connectivity index (χ1n) is 12.6. The van der Waals surface area contributed by atoms with Gasteiger partial charge in [-0.2, -0.15) is 0 Å². The summed E-state index contributed by atoms with van der Waals surface area (Å²) >= 11 is 7.43. The summed E-state index contributed by atoms with van der Waals surface area (Å²) in [5.41, 5.74) is 0.709. The molecule has 0 amide bonds. The first-order valence-corrected chi connectivity index (χ1v) is 14.0. The molecule has 1 aliphatic heterocycles. The summed E-state index contributed by atoms with van der Waals surface area (Å²) in [4.78, 5) is 18.0. The lowest BCUT2D eigenvalue weighted by Gasteiger charge is -2.41. The number of likely N-dealkylation sites (tertiary alicyclic amines) is 1. The molecular weight excluding hydrogens is 553 g/mol. The molecule has 6 nitrogen and oxygen atoms in total. The minimum absolute atomic E-state index is 0.0209. The summed E-state index contributed by atoms with van der Waals surface area (Å²) in [5, 5.41) is 21.8. The topological polar surface area (TPSA) is 82.9 Å². The third-order valence-electron chi connectivity index (χ3n) is 7.41. The Kier molecular flexibility index (Phi) is 9.64. The van der Waals surface area contributed by atoms with E-state index in [2.05, 4.69) is 9.88 Å². The van der Waals surface area contributed by atoms with E-state index >= 15 is 0 Å². The molecule has 0 unspecified atom stereocenters. The fourth-order valence-electron chi connectivity index (χ4n) is 5.25. The van der Waals surface area contributed by atoms with Crippen LogP contribution in [-0.2, 0) is 4.79 Å². The van der Waals surface area contributed by atoms with Gasteiger partial charge in [-0.05, 0) is 62.4 Å². The van der Waals surface area contributed by atoms with Gasteiger partial charge in [0.15, 0.2) is 0 Å². The number of nitrogens with zero attached hydrogens (tertiary/aromatic N) is 2. The molecule has 1 fully saturated rings. The number of fused-ring (bicyclic) bond motifs is 1. The second-order valence-corrected chi connectivity index (χ2v) is 11.4. The number of hydrogen-bond acceptors (Lipinski definition) is 6. The molecule has 1 aliphatic rings. The van der Waals surface area contributed by atoms with E-state index in [4.69, 9.17) is 16.3 Å². The maximum Gasteiger partial charge on any atom is 0.303 e. The van der Waals surface area contributed by atoms with E-state index in [0.717, 1.165) is 11.8 Å². The van der Waals surface area contributed by atoms with Crippen LogP contribution in [0.25, 0.3) is 10.9 Å². The Hall–Kier alpha value is -2.53. The number of pyridine rings is 1. The van der Waals surface area contributed by atoms with Crippen molar-refractivity contribution in [1.82, 2.24) is 9.88 Å². The van der Waals surface area contributed by atoms with E-state index < -0.39 is 34.9 Å². The number of thioether (sulfide) groups is 1. The van der Waals surface area contributed by atoms with Crippen LogP contribution in [0.2, 0.25) is 5.02 Å². The van der Waals surface area contributed by atoms with E-state index in [-0.39, 0.29) is 11.3 Å². The molecule has 3 aromatic rings. The van der Waals surface area contributed by atoms with Crippen molar-refractivity contribution in [2.24, 2.45) is 5.41 Å². The highest BCUT2D eigenvalue weighted by molar-refractivity contribution is 7.99. The molecule has 0 saturated carbocycles. The number of rotatable bonds is 11. The average molecular weight is 583 g/mol. The van der Waals surface area contributed by atoms with Gasteiger partial charge in [-0.15, -0.1) is 11.8 Å². The Morgan fingerprint density at radius 1 is 1.21 bits per heavy atom. The van der Waals surface area contributed by atoms with Gasteiger partial charge in [-0.25, -0.2) is 13.2 Å². The van der Waals surface area contributed by atoms with Crippen LogP contribution in [0.4, 0.5) is 13.2 Å². The molecule has 0 radical (unpaired) electrons. The number of hydrogen-bond donors (Lipinski definition) is 2. The largest absolute Gasteiger partial charge is 0.497 e. The molecule has 0 spiro atoms. The van der Waals surface area contributed by atoms with Gasteiger partial charge >= 0.3 is 5.97 Å².